The van der Waals surface area contributed by atoms with E-state index in [-0.39, 0.29) is 5.91 Å². The number of rotatable bonds is 3. The van der Waals surface area contributed by atoms with E-state index in [1.54, 1.807) is 0 Å². The van der Waals surface area contributed by atoms with Gasteiger partial charge in [0.25, 0.3) is 5.91 Å². The van der Waals surface area contributed by atoms with Crippen molar-refractivity contribution in [3.63, 3.8) is 0 Å². The average molecular weight is 410 g/mol. The van der Waals surface area contributed by atoms with Crippen LogP contribution >= 0.6 is 23.5 Å². The van der Waals surface area contributed by atoms with E-state index in [4.69, 9.17) is 4.98 Å². The molecule has 1 fully saturated rings. The molecule has 4 nitrogen and oxygen atoms in total. The summed E-state index contributed by atoms with van der Waals surface area (Å²) in [5, 5.41) is 3.03. The van der Waals surface area contributed by atoms with Gasteiger partial charge < -0.3 is 9.88 Å². The molecule has 0 atom stereocenters. The standard InChI is InChI=1S/C22H23N3OS2/c26-21(15-5-7-16(8-6-15)22-27-12-13-28-22)23-17-9-10-19-18(14-17)24-20-4-2-1-3-11-25(19)20/h5-10,14,22H,1-4,11-13H2,(H,23,26). The minimum absolute atomic E-state index is 0.0709. The van der Waals surface area contributed by atoms with Gasteiger partial charge in [-0.3, -0.25) is 4.79 Å². The number of carbonyl (C=O) groups excluding carboxylic acids is 1. The predicted molar refractivity (Wildman–Crippen MR) is 119 cm³/mol. The van der Waals surface area contributed by atoms with E-state index in [1.807, 2.05) is 47.8 Å². The van der Waals surface area contributed by atoms with Crippen LogP contribution in [0.2, 0.25) is 0 Å². The molecule has 0 aliphatic carbocycles. The molecule has 0 unspecified atom stereocenters. The van der Waals surface area contributed by atoms with Gasteiger partial charge >= 0.3 is 0 Å². The van der Waals surface area contributed by atoms with Crippen molar-refractivity contribution in [3.05, 3.63) is 59.4 Å². The fraction of sp³-hybridized carbons (Fsp3) is 0.364. The van der Waals surface area contributed by atoms with E-state index in [0.29, 0.717) is 10.1 Å². The van der Waals surface area contributed by atoms with Crippen LogP contribution in [0.5, 0.6) is 0 Å². The first kappa shape index (κ1) is 18.1. The number of hydrogen-bond donors (Lipinski definition) is 1. The van der Waals surface area contributed by atoms with Gasteiger partial charge in [-0.15, -0.1) is 23.5 Å². The Kier molecular flexibility index (Phi) is 5.07. The van der Waals surface area contributed by atoms with Crippen LogP contribution in [0.4, 0.5) is 5.69 Å². The maximum absolute atomic E-state index is 12.7. The molecule has 0 saturated carbocycles. The van der Waals surface area contributed by atoms with Crippen LogP contribution in [-0.4, -0.2) is 27.0 Å². The van der Waals surface area contributed by atoms with Crippen LogP contribution in [0.1, 0.15) is 45.6 Å². The van der Waals surface area contributed by atoms with Crippen molar-refractivity contribution >= 4 is 46.2 Å². The number of imidazole rings is 1. The molecule has 2 aliphatic heterocycles. The molecule has 144 valence electrons. The van der Waals surface area contributed by atoms with Crippen molar-refractivity contribution < 1.29 is 4.79 Å². The quantitative estimate of drug-likeness (QED) is 0.621. The third-order valence-electron chi connectivity index (χ3n) is 5.43. The summed E-state index contributed by atoms with van der Waals surface area (Å²) in [5.41, 5.74) is 4.94. The molecule has 0 spiro atoms. The lowest BCUT2D eigenvalue weighted by molar-refractivity contribution is 0.102. The number of benzene rings is 2. The summed E-state index contributed by atoms with van der Waals surface area (Å²) in [7, 11) is 0. The molecular weight excluding hydrogens is 386 g/mol. The first-order valence-corrected chi connectivity index (χ1v) is 12.0. The second-order valence-corrected chi connectivity index (χ2v) is 10.1. The van der Waals surface area contributed by atoms with Gasteiger partial charge in [-0.25, -0.2) is 4.98 Å². The highest BCUT2D eigenvalue weighted by Crippen LogP contribution is 2.45. The monoisotopic (exact) mass is 409 g/mol. The van der Waals surface area contributed by atoms with Crippen LogP contribution in [0.15, 0.2) is 42.5 Å². The van der Waals surface area contributed by atoms with E-state index in [1.165, 1.54) is 47.7 Å². The lowest BCUT2D eigenvalue weighted by atomic mass is 10.1. The maximum Gasteiger partial charge on any atom is 0.255 e. The Hall–Kier alpha value is -1.92. The topological polar surface area (TPSA) is 46.9 Å². The summed E-state index contributed by atoms with van der Waals surface area (Å²) < 4.78 is 2.85. The smallest absolute Gasteiger partial charge is 0.255 e. The molecule has 2 aromatic carbocycles. The van der Waals surface area contributed by atoms with E-state index in [0.717, 1.165) is 24.2 Å². The number of amides is 1. The molecule has 3 heterocycles. The molecule has 1 saturated heterocycles. The van der Waals surface area contributed by atoms with Crippen LogP contribution in [-0.2, 0) is 13.0 Å². The molecule has 1 N–H and O–H groups in total. The Balaban J connectivity index is 1.33. The van der Waals surface area contributed by atoms with Crippen molar-refractivity contribution in [2.75, 3.05) is 16.8 Å². The van der Waals surface area contributed by atoms with Crippen molar-refractivity contribution in [1.82, 2.24) is 9.55 Å². The number of nitrogens with zero attached hydrogens (tertiary/aromatic N) is 2. The minimum atomic E-state index is -0.0709. The van der Waals surface area contributed by atoms with Gasteiger partial charge in [-0.1, -0.05) is 18.6 Å². The highest BCUT2D eigenvalue weighted by Gasteiger charge is 2.19. The average Bonchev–Trinajstić information content (AvgIpc) is 3.31. The second kappa shape index (κ2) is 7.84. The number of carbonyl (C=O) groups is 1. The molecular formula is C22H23N3OS2. The molecule has 0 bridgehead atoms. The molecule has 28 heavy (non-hydrogen) atoms. The molecule has 1 aromatic heterocycles. The Labute approximate surface area is 173 Å². The third-order valence-corrected chi connectivity index (χ3v) is 8.54. The fourth-order valence-electron chi connectivity index (χ4n) is 3.97. The van der Waals surface area contributed by atoms with Crippen molar-refractivity contribution in [2.24, 2.45) is 0 Å². The van der Waals surface area contributed by atoms with E-state index in [2.05, 4.69) is 28.1 Å². The number of thioether (sulfide) groups is 2. The Morgan fingerprint density at radius 1 is 1.04 bits per heavy atom. The van der Waals surface area contributed by atoms with Crippen molar-refractivity contribution in [2.45, 2.75) is 36.8 Å². The molecule has 2 aliphatic rings. The first-order chi connectivity index (χ1) is 13.8. The molecule has 3 aromatic rings. The number of aromatic nitrogens is 2. The molecule has 1 amide bonds. The van der Waals surface area contributed by atoms with Gasteiger partial charge in [0.2, 0.25) is 0 Å². The number of aryl methyl sites for hydroxylation is 2. The molecule has 6 heteroatoms. The van der Waals surface area contributed by atoms with Crippen LogP contribution in [0.25, 0.3) is 11.0 Å². The highest BCUT2D eigenvalue weighted by molar-refractivity contribution is 8.19. The maximum atomic E-state index is 12.7. The summed E-state index contributed by atoms with van der Waals surface area (Å²) in [6.45, 7) is 1.04. The van der Waals surface area contributed by atoms with Gasteiger partial charge in [0, 0.05) is 35.7 Å². The summed E-state index contributed by atoms with van der Waals surface area (Å²) in [4.78, 5) is 17.5. The minimum Gasteiger partial charge on any atom is -0.328 e. The van der Waals surface area contributed by atoms with Gasteiger partial charge in [-0.2, -0.15) is 0 Å². The first-order valence-electron chi connectivity index (χ1n) is 9.92. The Morgan fingerprint density at radius 3 is 2.68 bits per heavy atom. The van der Waals surface area contributed by atoms with Gasteiger partial charge in [0.05, 0.1) is 15.6 Å². The summed E-state index contributed by atoms with van der Waals surface area (Å²) >= 11 is 3.96. The SMILES string of the molecule is O=C(Nc1ccc2c(c1)nc1n2CCCCC1)c1ccc(C2SCCS2)cc1. The highest BCUT2D eigenvalue weighted by atomic mass is 32.2. The summed E-state index contributed by atoms with van der Waals surface area (Å²) in [6.07, 6.45) is 4.74. The zero-order valence-corrected chi connectivity index (χ0v) is 17.3. The van der Waals surface area contributed by atoms with Crippen LogP contribution in [0, 0.1) is 0 Å². The van der Waals surface area contributed by atoms with Crippen molar-refractivity contribution in [1.29, 1.82) is 0 Å². The zero-order valence-electron chi connectivity index (χ0n) is 15.7. The number of anilines is 1. The van der Waals surface area contributed by atoms with E-state index in [9.17, 15) is 4.79 Å². The lowest BCUT2D eigenvalue weighted by Crippen LogP contribution is -2.11. The predicted octanol–water partition coefficient (Wildman–Crippen LogP) is 5.49. The molecule has 0 radical (unpaired) electrons. The van der Waals surface area contributed by atoms with Crippen LogP contribution < -0.4 is 5.32 Å². The van der Waals surface area contributed by atoms with Gasteiger partial charge in [0.1, 0.15) is 5.82 Å². The summed E-state index contributed by atoms with van der Waals surface area (Å²) in [6, 6.07) is 14.1. The van der Waals surface area contributed by atoms with Crippen molar-refractivity contribution in [3.8, 4) is 0 Å². The van der Waals surface area contributed by atoms with Gasteiger partial charge in [-0.05, 0) is 48.7 Å². The van der Waals surface area contributed by atoms with E-state index >= 15 is 0 Å². The second-order valence-electron chi connectivity index (χ2n) is 7.34. The Morgan fingerprint density at radius 2 is 1.86 bits per heavy atom. The number of nitrogens with one attached hydrogen (secondary N) is 1. The molecule has 5 rings (SSSR count). The number of hydrogen-bond acceptors (Lipinski definition) is 4. The van der Waals surface area contributed by atoms with E-state index < -0.39 is 0 Å². The largest absolute Gasteiger partial charge is 0.328 e. The fourth-order valence-corrected chi connectivity index (χ4v) is 6.83. The van der Waals surface area contributed by atoms with Gasteiger partial charge in [0.15, 0.2) is 0 Å². The zero-order chi connectivity index (χ0) is 18.9. The summed E-state index contributed by atoms with van der Waals surface area (Å²) in [5.74, 6) is 3.52. The Bertz CT molecular complexity index is 1010. The lowest BCUT2D eigenvalue weighted by Gasteiger charge is -2.10. The number of fused-ring (bicyclic) bond motifs is 3. The normalized spacial score (nSPS) is 17.4. The van der Waals surface area contributed by atoms with Crippen LogP contribution in [0.3, 0.4) is 0 Å². The third kappa shape index (κ3) is 3.55.